The molecule has 1 N–H and O–H groups in total. The summed E-state index contributed by atoms with van der Waals surface area (Å²) >= 11 is 6.05. The highest BCUT2D eigenvalue weighted by Gasteiger charge is 2.28. The Bertz CT molecular complexity index is 666. The summed E-state index contributed by atoms with van der Waals surface area (Å²) in [4.78, 5) is 18.6. The maximum atomic E-state index is 12.6. The number of para-hydroxylation sites is 1. The van der Waals surface area contributed by atoms with Crippen molar-refractivity contribution in [3.8, 4) is 5.75 Å². The Morgan fingerprint density at radius 3 is 3.00 bits per heavy atom. The molecular formula is C17H18ClN3O2. The molecule has 1 aliphatic heterocycles. The molecule has 120 valence electrons. The minimum atomic E-state index is -0.0553. The summed E-state index contributed by atoms with van der Waals surface area (Å²) in [5, 5.41) is 3.82. The zero-order chi connectivity index (χ0) is 16.1. The number of aromatic nitrogens is 1. The van der Waals surface area contributed by atoms with E-state index in [2.05, 4.69) is 10.3 Å². The second-order valence-corrected chi connectivity index (χ2v) is 5.72. The monoisotopic (exact) mass is 331 g/mol. The zero-order valence-electron chi connectivity index (χ0n) is 12.6. The Morgan fingerprint density at radius 1 is 1.35 bits per heavy atom. The normalized spacial score (nSPS) is 17.8. The lowest BCUT2D eigenvalue weighted by Gasteiger charge is -2.36. The quantitative estimate of drug-likeness (QED) is 0.934. The molecule has 1 fully saturated rings. The van der Waals surface area contributed by atoms with Gasteiger partial charge < -0.3 is 15.0 Å². The fraction of sp³-hybridized carbons (Fsp3) is 0.294. The first-order valence-corrected chi connectivity index (χ1v) is 7.91. The molecular weight excluding hydrogens is 314 g/mol. The number of carbonyl (C=O) groups excluding carboxylic acids is 1. The number of nitrogens with zero attached hydrogens (tertiary/aromatic N) is 2. The van der Waals surface area contributed by atoms with Crippen LogP contribution in [-0.2, 0) is 4.79 Å². The number of hydrogen-bond acceptors (Lipinski definition) is 4. The Kier molecular flexibility index (Phi) is 5.10. The van der Waals surface area contributed by atoms with E-state index in [4.69, 9.17) is 16.3 Å². The topological polar surface area (TPSA) is 54.5 Å². The van der Waals surface area contributed by atoms with Crippen LogP contribution in [0.2, 0.25) is 5.02 Å². The van der Waals surface area contributed by atoms with Crippen LogP contribution >= 0.6 is 11.6 Å². The SMILES string of the molecule is O=C(COc1ccccc1Cl)N1CCNCC1c1cccnc1. The maximum Gasteiger partial charge on any atom is 0.261 e. The summed E-state index contributed by atoms with van der Waals surface area (Å²) in [6, 6.07) is 11.0. The molecule has 0 aliphatic carbocycles. The minimum absolute atomic E-state index is 0.0273. The van der Waals surface area contributed by atoms with Crippen LogP contribution < -0.4 is 10.1 Å². The number of pyridine rings is 1. The molecule has 3 rings (SSSR count). The molecule has 2 heterocycles. The van der Waals surface area contributed by atoms with Crippen molar-refractivity contribution in [1.82, 2.24) is 15.2 Å². The van der Waals surface area contributed by atoms with Crippen molar-refractivity contribution < 1.29 is 9.53 Å². The summed E-state index contributed by atoms with van der Waals surface area (Å²) < 4.78 is 5.58. The van der Waals surface area contributed by atoms with Gasteiger partial charge in [-0.1, -0.05) is 29.8 Å². The molecule has 0 radical (unpaired) electrons. The predicted octanol–water partition coefficient (Wildman–Crippen LogP) is 2.29. The molecule has 1 aromatic heterocycles. The smallest absolute Gasteiger partial charge is 0.261 e. The molecule has 1 aromatic carbocycles. The highest BCUT2D eigenvalue weighted by Crippen LogP contribution is 2.24. The van der Waals surface area contributed by atoms with Crippen molar-refractivity contribution in [2.75, 3.05) is 26.2 Å². The van der Waals surface area contributed by atoms with E-state index in [0.717, 1.165) is 12.1 Å². The molecule has 1 amide bonds. The molecule has 5 nitrogen and oxygen atoms in total. The fourth-order valence-corrected chi connectivity index (χ4v) is 2.85. The zero-order valence-corrected chi connectivity index (χ0v) is 13.4. The number of rotatable bonds is 4. The van der Waals surface area contributed by atoms with E-state index in [9.17, 15) is 4.79 Å². The van der Waals surface area contributed by atoms with Gasteiger partial charge in [0, 0.05) is 32.0 Å². The first kappa shape index (κ1) is 15.8. The fourth-order valence-electron chi connectivity index (χ4n) is 2.66. The molecule has 1 atom stereocenters. The Hall–Kier alpha value is -2.11. The Labute approximate surface area is 140 Å². The number of carbonyl (C=O) groups is 1. The summed E-state index contributed by atoms with van der Waals surface area (Å²) in [6.45, 7) is 2.10. The van der Waals surface area contributed by atoms with Crippen LogP contribution in [0.5, 0.6) is 5.75 Å². The predicted molar refractivity (Wildman–Crippen MR) is 88.5 cm³/mol. The number of nitrogens with one attached hydrogen (secondary N) is 1. The second-order valence-electron chi connectivity index (χ2n) is 5.31. The van der Waals surface area contributed by atoms with Crippen molar-refractivity contribution in [1.29, 1.82) is 0 Å². The van der Waals surface area contributed by atoms with Crippen LogP contribution in [0.4, 0.5) is 0 Å². The molecule has 0 saturated carbocycles. The van der Waals surface area contributed by atoms with Gasteiger partial charge in [0.15, 0.2) is 6.61 Å². The number of ether oxygens (including phenoxy) is 1. The first-order valence-electron chi connectivity index (χ1n) is 7.53. The van der Waals surface area contributed by atoms with Crippen LogP contribution in [-0.4, -0.2) is 42.0 Å². The van der Waals surface area contributed by atoms with Crippen molar-refractivity contribution in [2.45, 2.75) is 6.04 Å². The lowest BCUT2D eigenvalue weighted by molar-refractivity contribution is -0.136. The largest absolute Gasteiger partial charge is 0.482 e. The van der Waals surface area contributed by atoms with Crippen LogP contribution in [0.1, 0.15) is 11.6 Å². The van der Waals surface area contributed by atoms with Crippen LogP contribution in [0.15, 0.2) is 48.8 Å². The molecule has 0 spiro atoms. The van der Waals surface area contributed by atoms with E-state index in [1.165, 1.54) is 0 Å². The van der Waals surface area contributed by atoms with Gasteiger partial charge in [0.1, 0.15) is 5.75 Å². The third-order valence-electron chi connectivity index (χ3n) is 3.82. The van der Waals surface area contributed by atoms with Gasteiger partial charge >= 0.3 is 0 Å². The number of hydrogen-bond donors (Lipinski definition) is 1. The van der Waals surface area contributed by atoms with Crippen molar-refractivity contribution >= 4 is 17.5 Å². The molecule has 6 heteroatoms. The summed E-state index contributed by atoms with van der Waals surface area (Å²) in [7, 11) is 0. The van der Waals surface area contributed by atoms with E-state index >= 15 is 0 Å². The van der Waals surface area contributed by atoms with Crippen molar-refractivity contribution in [2.24, 2.45) is 0 Å². The molecule has 1 aliphatic rings. The Balaban J connectivity index is 1.68. The summed E-state index contributed by atoms with van der Waals surface area (Å²) in [5.41, 5.74) is 1.02. The van der Waals surface area contributed by atoms with Gasteiger partial charge in [0.05, 0.1) is 11.1 Å². The third kappa shape index (κ3) is 3.81. The molecule has 2 aromatic rings. The van der Waals surface area contributed by atoms with Gasteiger partial charge in [0.25, 0.3) is 5.91 Å². The molecule has 1 saturated heterocycles. The standard InChI is InChI=1S/C17H18ClN3O2/c18-14-5-1-2-6-16(14)23-12-17(22)21-9-8-20-11-15(21)13-4-3-7-19-10-13/h1-7,10,15,20H,8-9,11-12H2. The average molecular weight is 332 g/mol. The van der Waals surface area contributed by atoms with Crippen LogP contribution in [0, 0.1) is 0 Å². The number of amides is 1. The van der Waals surface area contributed by atoms with Crippen molar-refractivity contribution in [3.05, 3.63) is 59.4 Å². The number of piperazine rings is 1. The van der Waals surface area contributed by atoms with Gasteiger partial charge in [-0.15, -0.1) is 0 Å². The molecule has 0 bridgehead atoms. The van der Waals surface area contributed by atoms with Crippen molar-refractivity contribution in [3.63, 3.8) is 0 Å². The van der Waals surface area contributed by atoms with E-state index in [-0.39, 0.29) is 18.6 Å². The van der Waals surface area contributed by atoms with Crippen LogP contribution in [0.3, 0.4) is 0 Å². The highest BCUT2D eigenvalue weighted by molar-refractivity contribution is 6.32. The first-order chi connectivity index (χ1) is 11.3. The summed E-state index contributed by atoms with van der Waals surface area (Å²) in [5.74, 6) is 0.468. The van der Waals surface area contributed by atoms with Gasteiger partial charge in [-0.3, -0.25) is 9.78 Å². The van der Waals surface area contributed by atoms with E-state index in [1.54, 1.807) is 24.5 Å². The van der Waals surface area contributed by atoms with Gasteiger partial charge in [-0.2, -0.15) is 0 Å². The van der Waals surface area contributed by atoms with Gasteiger partial charge in [-0.25, -0.2) is 0 Å². The minimum Gasteiger partial charge on any atom is -0.482 e. The van der Waals surface area contributed by atoms with E-state index < -0.39 is 0 Å². The lowest BCUT2D eigenvalue weighted by atomic mass is 10.1. The lowest BCUT2D eigenvalue weighted by Crippen LogP contribution is -2.50. The number of halogens is 1. The maximum absolute atomic E-state index is 12.6. The third-order valence-corrected chi connectivity index (χ3v) is 4.13. The summed E-state index contributed by atoms with van der Waals surface area (Å²) in [6.07, 6.45) is 3.53. The van der Waals surface area contributed by atoms with E-state index in [1.807, 2.05) is 29.2 Å². The molecule has 23 heavy (non-hydrogen) atoms. The Morgan fingerprint density at radius 2 is 2.22 bits per heavy atom. The van der Waals surface area contributed by atoms with Gasteiger partial charge in [0.2, 0.25) is 0 Å². The second kappa shape index (κ2) is 7.44. The van der Waals surface area contributed by atoms with Crippen LogP contribution in [0.25, 0.3) is 0 Å². The van der Waals surface area contributed by atoms with Gasteiger partial charge in [-0.05, 0) is 23.8 Å². The number of benzene rings is 1. The molecule has 1 unspecified atom stereocenters. The average Bonchev–Trinajstić information content (AvgIpc) is 2.61. The highest BCUT2D eigenvalue weighted by atomic mass is 35.5. The van der Waals surface area contributed by atoms with E-state index in [0.29, 0.717) is 23.9 Å².